The summed E-state index contributed by atoms with van der Waals surface area (Å²) in [5, 5.41) is 11.0. The highest BCUT2D eigenvalue weighted by Crippen LogP contribution is 2.75. The fourth-order valence-electron chi connectivity index (χ4n) is 12.3. The number of ether oxygens (including phenoxy) is 1. The van der Waals surface area contributed by atoms with E-state index in [2.05, 4.69) is 61.5 Å². The number of fused-ring (bicyclic) bond motifs is 7. The zero-order chi connectivity index (χ0) is 33.6. The summed E-state index contributed by atoms with van der Waals surface area (Å²) in [6.07, 6.45) is 23.4. The van der Waals surface area contributed by atoms with Gasteiger partial charge in [0.25, 0.3) is 0 Å². The van der Waals surface area contributed by atoms with Crippen LogP contribution in [-0.2, 0) is 14.3 Å². The molecule has 0 aromatic heterocycles. The second-order valence-corrected chi connectivity index (χ2v) is 18.9. The summed E-state index contributed by atoms with van der Waals surface area (Å²) >= 11 is 0. The van der Waals surface area contributed by atoms with Crippen molar-refractivity contribution in [1.82, 2.24) is 0 Å². The van der Waals surface area contributed by atoms with Gasteiger partial charge >= 0.3 is 5.97 Å². The van der Waals surface area contributed by atoms with Crippen molar-refractivity contribution < 1.29 is 19.4 Å². The number of ketones is 1. The molecule has 0 amide bonds. The van der Waals surface area contributed by atoms with Crippen molar-refractivity contribution in [3.05, 3.63) is 11.6 Å². The maximum absolute atomic E-state index is 14.6. The van der Waals surface area contributed by atoms with E-state index in [-0.39, 0.29) is 51.0 Å². The number of rotatable bonds is 12. The second-order valence-electron chi connectivity index (χ2n) is 18.9. The van der Waals surface area contributed by atoms with Crippen molar-refractivity contribution in [3.8, 4) is 0 Å². The second kappa shape index (κ2) is 13.3. The summed E-state index contributed by atoms with van der Waals surface area (Å²) < 4.78 is 6.01. The van der Waals surface area contributed by atoms with E-state index in [4.69, 9.17) is 4.74 Å². The van der Waals surface area contributed by atoms with Gasteiger partial charge in [-0.2, -0.15) is 0 Å². The predicted molar refractivity (Wildman–Crippen MR) is 188 cm³/mol. The van der Waals surface area contributed by atoms with E-state index in [9.17, 15) is 14.7 Å². The number of hydrogen-bond acceptors (Lipinski definition) is 4. The molecule has 0 saturated heterocycles. The average molecular weight is 639 g/mol. The summed E-state index contributed by atoms with van der Waals surface area (Å²) in [4.78, 5) is 28.3. The minimum absolute atomic E-state index is 0.00960. The number of carbonyl (C=O) groups excluding carboxylic acids is 2. The van der Waals surface area contributed by atoms with Gasteiger partial charge < -0.3 is 9.84 Å². The van der Waals surface area contributed by atoms with Gasteiger partial charge in [0.15, 0.2) is 5.78 Å². The topological polar surface area (TPSA) is 63.6 Å². The zero-order valence-electron chi connectivity index (χ0n) is 31.2. The molecule has 4 fully saturated rings. The van der Waals surface area contributed by atoms with Crippen LogP contribution in [0.3, 0.4) is 0 Å². The lowest BCUT2D eigenvalue weighted by molar-refractivity contribution is -0.202. The Balaban J connectivity index is 1.26. The van der Waals surface area contributed by atoms with Gasteiger partial charge in [-0.3, -0.25) is 9.59 Å². The lowest BCUT2D eigenvalue weighted by Crippen LogP contribution is -2.66. The molecule has 0 unspecified atom stereocenters. The first-order valence-corrected chi connectivity index (χ1v) is 19.7. The maximum atomic E-state index is 14.6. The van der Waals surface area contributed by atoms with Crippen LogP contribution in [0.4, 0.5) is 0 Å². The first kappa shape index (κ1) is 36.1. The number of unbranched alkanes of at least 4 members (excludes halogenated alkanes) is 9. The molecular weight excluding hydrogens is 568 g/mol. The van der Waals surface area contributed by atoms with Crippen LogP contribution < -0.4 is 0 Å². The fraction of sp³-hybridized carbons (Fsp3) is 0.905. The molecule has 1 N–H and O–H groups in total. The quantitative estimate of drug-likeness (QED) is 0.171. The van der Waals surface area contributed by atoms with Crippen molar-refractivity contribution >= 4 is 11.8 Å². The van der Waals surface area contributed by atoms with E-state index in [0.717, 1.165) is 70.6 Å². The molecule has 46 heavy (non-hydrogen) atoms. The smallest absolute Gasteiger partial charge is 0.311 e. The van der Waals surface area contributed by atoms with E-state index in [1.807, 2.05) is 0 Å². The average Bonchev–Trinajstić information content (AvgIpc) is 2.99. The Morgan fingerprint density at radius 2 is 1.41 bits per heavy atom. The number of aliphatic hydroxyl groups excluding tert-OH is 1. The molecule has 5 aliphatic carbocycles. The van der Waals surface area contributed by atoms with E-state index in [1.54, 1.807) is 0 Å². The maximum Gasteiger partial charge on any atom is 0.311 e. The Bertz CT molecular complexity index is 1150. The third-order valence-corrected chi connectivity index (χ3v) is 15.8. The molecule has 4 heteroatoms. The van der Waals surface area contributed by atoms with Crippen LogP contribution in [0.5, 0.6) is 0 Å². The van der Waals surface area contributed by atoms with Gasteiger partial charge in [-0.25, -0.2) is 0 Å². The largest absolute Gasteiger partial charge is 0.465 e. The molecule has 0 radical (unpaired) electrons. The van der Waals surface area contributed by atoms with E-state index in [1.165, 1.54) is 56.9 Å². The number of hydrogen-bond donors (Lipinski definition) is 1. The minimum Gasteiger partial charge on any atom is -0.465 e. The number of carbonyl (C=O) groups is 2. The molecule has 4 saturated carbocycles. The van der Waals surface area contributed by atoms with Gasteiger partial charge in [-0.1, -0.05) is 112 Å². The number of allylic oxidation sites excluding steroid dienone is 2. The summed E-state index contributed by atoms with van der Waals surface area (Å²) in [7, 11) is 0. The van der Waals surface area contributed by atoms with Gasteiger partial charge in [0, 0.05) is 5.92 Å². The molecule has 0 spiro atoms. The first-order valence-electron chi connectivity index (χ1n) is 19.7. The fourth-order valence-corrected chi connectivity index (χ4v) is 12.3. The van der Waals surface area contributed by atoms with Crippen molar-refractivity contribution in [2.75, 3.05) is 6.61 Å². The Kier molecular flexibility index (Phi) is 10.4. The Hall–Kier alpha value is -1.16. The van der Waals surface area contributed by atoms with Crippen molar-refractivity contribution in [2.24, 2.45) is 50.2 Å². The molecule has 0 heterocycles. The monoisotopic (exact) mass is 639 g/mol. The normalized spacial score (nSPS) is 43.1. The van der Waals surface area contributed by atoms with Gasteiger partial charge in [0.05, 0.1) is 18.1 Å². The molecule has 0 aliphatic heterocycles. The van der Waals surface area contributed by atoms with Crippen molar-refractivity contribution in [1.29, 1.82) is 0 Å². The first-order chi connectivity index (χ1) is 21.6. The van der Waals surface area contributed by atoms with Crippen LogP contribution in [0.15, 0.2) is 11.6 Å². The third-order valence-electron chi connectivity index (χ3n) is 15.8. The Labute approximate surface area is 282 Å². The molecular formula is C42H70O4. The Morgan fingerprint density at radius 1 is 0.804 bits per heavy atom. The molecule has 9 atom stereocenters. The van der Waals surface area contributed by atoms with Crippen LogP contribution in [-0.4, -0.2) is 29.6 Å². The van der Waals surface area contributed by atoms with Crippen LogP contribution in [0, 0.1) is 50.2 Å². The highest BCUT2D eigenvalue weighted by atomic mass is 16.5. The molecule has 5 aliphatic rings. The van der Waals surface area contributed by atoms with Crippen LogP contribution in [0.2, 0.25) is 0 Å². The number of aliphatic hydroxyl groups is 1. The van der Waals surface area contributed by atoms with Gasteiger partial charge in [-0.05, 0) is 116 Å². The number of esters is 1. The van der Waals surface area contributed by atoms with Crippen molar-refractivity contribution in [2.45, 2.75) is 183 Å². The van der Waals surface area contributed by atoms with Crippen LogP contribution in [0.25, 0.3) is 0 Å². The summed E-state index contributed by atoms with van der Waals surface area (Å²) in [5.74, 6) is 0.896. The summed E-state index contributed by atoms with van der Waals surface area (Å²) in [6.45, 7) is 19.2. The van der Waals surface area contributed by atoms with Crippen LogP contribution in [0.1, 0.15) is 177 Å². The Morgan fingerprint density at radius 3 is 2.07 bits per heavy atom. The van der Waals surface area contributed by atoms with E-state index in [0.29, 0.717) is 18.3 Å². The van der Waals surface area contributed by atoms with Gasteiger partial charge in [0.1, 0.15) is 0 Å². The SMILES string of the molecule is CCCCCCCCCCCCOC(=O)[C@@]1(C)CC[C@]2(C)CC[C@]3(C)C(=CC(=O)[C@@H]4[C@@]5(C)CC[C@H](O)C(C)(C)[C@@H]5CC[C@]43C)[C@@H]2C1. The molecule has 0 aromatic carbocycles. The lowest BCUT2D eigenvalue weighted by atomic mass is 9.33. The molecule has 5 rings (SSSR count). The van der Waals surface area contributed by atoms with Crippen LogP contribution >= 0.6 is 0 Å². The highest BCUT2D eigenvalue weighted by molar-refractivity contribution is 5.95. The van der Waals surface area contributed by atoms with Gasteiger partial charge in [0.2, 0.25) is 0 Å². The zero-order valence-corrected chi connectivity index (χ0v) is 31.2. The van der Waals surface area contributed by atoms with E-state index >= 15 is 0 Å². The molecule has 0 bridgehead atoms. The lowest BCUT2D eigenvalue weighted by Gasteiger charge is -2.70. The standard InChI is InChI=1S/C42H70O4/c1-9-10-11-12-13-14-15-16-17-18-27-46-36(45)39(5)24-23-38(4)25-26-41(7)30(31(38)29-39)28-32(43)35-40(6)21-20-34(44)37(2,3)33(40)19-22-42(35,41)8/h28,31,33-35,44H,9-27,29H2,1-8H3/t31-,33-,34-,35+,38+,39-,40-,41+,42+/m0/s1. The van der Waals surface area contributed by atoms with Gasteiger partial charge in [-0.15, -0.1) is 0 Å². The molecule has 262 valence electrons. The van der Waals surface area contributed by atoms with Crippen molar-refractivity contribution in [3.63, 3.8) is 0 Å². The predicted octanol–water partition coefficient (Wildman–Crippen LogP) is 10.8. The highest BCUT2D eigenvalue weighted by Gasteiger charge is 2.70. The summed E-state index contributed by atoms with van der Waals surface area (Å²) in [5.41, 5.74) is 0.558. The minimum atomic E-state index is -0.490. The van der Waals surface area contributed by atoms with E-state index < -0.39 is 5.41 Å². The molecule has 4 nitrogen and oxygen atoms in total. The summed E-state index contributed by atoms with van der Waals surface area (Å²) in [6, 6.07) is 0. The molecule has 0 aromatic rings. The third kappa shape index (κ3) is 6.00.